The first kappa shape index (κ1) is 16.6. The average Bonchev–Trinajstić information content (AvgIpc) is 2.57. The van der Waals surface area contributed by atoms with Crippen LogP contribution >= 0.6 is 0 Å². The summed E-state index contributed by atoms with van der Waals surface area (Å²) in [6.45, 7) is 5.99. The fraction of sp³-hybridized carbons (Fsp3) is 0.211. The van der Waals surface area contributed by atoms with Gasteiger partial charge in [0.05, 0.1) is 12.5 Å². The van der Waals surface area contributed by atoms with Crippen LogP contribution in [0.1, 0.15) is 19.4 Å². The van der Waals surface area contributed by atoms with Crippen LogP contribution in [0.15, 0.2) is 51.7 Å². The molecule has 0 amide bonds. The molecule has 2 aromatic carbocycles. The number of phenols is 1. The number of hydrogen-bond acceptors (Lipinski definition) is 4. The number of phenolic OH excluding ortho intramolecular Hbond substituents is 1. The van der Waals surface area contributed by atoms with Crippen LogP contribution < -0.4 is 10.2 Å². The van der Waals surface area contributed by atoms with Crippen LogP contribution in [-0.4, -0.2) is 12.2 Å². The average molecular weight is 312 g/mol. The third-order valence-electron chi connectivity index (χ3n) is 3.37. The van der Waals surface area contributed by atoms with E-state index in [1.807, 2.05) is 45.0 Å². The second-order valence-electron chi connectivity index (χ2n) is 4.84. The van der Waals surface area contributed by atoms with Crippen LogP contribution in [0.4, 0.5) is 0 Å². The molecule has 4 nitrogen and oxygen atoms in total. The molecule has 0 bridgehead atoms. The molecule has 3 aromatic rings. The zero-order valence-corrected chi connectivity index (χ0v) is 13.7. The Labute approximate surface area is 135 Å². The van der Waals surface area contributed by atoms with Crippen molar-refractivity contribution < 1.29 is 14.3 Å². The molecule has 0 radical (unpaired) electrons. The van der Waals surface area contributed by atoms with Crippen molar-refractivity contribution in [2.45, 2.75) is 20.8 Å². The Bertz CT molecular complexity index is 861. The molecule has 3 rings (SSSR count). The summed E-state index contributed by atoms with van der Waals surface area (Å²) in [7, 11) is 1.42. The first-order chi connectivity index (χ1) is 11.1. The molecule has 1 aromatic heterocycles. The molecule has 0 spiro atoms. The summed E-state index contributed by atoms with van der Waals surface area (Å²) in [4.78, 5) is 12.2. The van der Waals surface area contributed by atoms with Gasteiger partial charge in [-0.15, -0.1) is 0 Å². The number of methoxy groups -OCH3 is 1. The van der Waals surface area contributed by atoms with E-state index >= 15 is 0 Å². The predicted octanol–water partition coefficient (Wildman–Crippen LogP) is 4.51. The largest absolute Gasteiger partial charge is 0.504 e. The summed E-state index contributed by atoms with van der Waals surface area (Å²) in [5.41, 5.74) is 1.99. The lowest BCUT2D eigenvalue weighted by molar-refractivity contribution is 0.371. The van der Waals surface area contributed by atoms with E-state index < -0.39 is 0 Å². The molecular weight excluding hydrogens is 292 g/mol. The Morgan fingerprint density at radius 3 is 2.30 bits per heavy atom. The lowest BCUT2D eigenvalue weighted by Crippen LogP contribution is -2.01. The number of ether oxygens (including phenoxy) is 1. The molecule has 1 heterocycles. The molecule has 0 aliphatic carbocycles. The lowest BCUT2D eigenvalue weighted by Gasteiger charge is -2.08. The molecule has 4 heteroatoms. The highest BCUT2D eigenvalue weighted by molar-refractivity contribution is 5.86. The Morgan fingerprint density at radius 1 is 1.04 bits per heavy atom. The van der Waals surface area contributed by atoms with Gasteiger partial charge in [-0.3, -0.25) is 4.79 Å². The SMILES string of the molecule is CC.COc1c(O)ccc2c(=O)cc(-c3ccc(C)cc3)oc12. The van der Waals surface area contributed by atoms with Gasteiger partial charge >= 0.3 is 0 Å². The van der Waals surface area contributed by atoms with Gasteiger partial charge in [0, 0.05) is 11.6 Å². The van der Waals surface area contributed by atoms with E-state index in [4.69, 9.17) is 9.15 Å². The summed E-state index contributed by atoms with van der Waals surface area (Å²) in [6.07, 6.45) is 0. The third-order valence-corrected chi connectivity index (χ3v) is 3.37. The predicted molar refractivity (Wildman–Crippen MR) is 92.2 cm³/mol. The molecule has 1 N–H and O–H groups in total. The van der Waals surface area contributed by atoms with E-state index in [1.54, 1.807) is 0 Å². The van der Waals surface area contributed by atoms with Gasteiger partial charge in [-0.2, -0.15) is 0 Å². The van der Waals surface area contributed by atoms with E-state index in [-0.39, 0.29) is 22.5 Å². The summed E-state index contributed by atoms with van der Waals surface area (Å²) in [5.74, 6) is 0.546. The van der Waals surface area contributed by atoms with Crippen molar-refractivity contribution in [3.05, 3.63) is 58.3 Å². The summed E-state index contributed by atoms with van der Waals surface area (Å²) < 4.78 is 10.9. The van der Waals surface area contributed by atoms with Crippen molar-refractivity contribution >= 4 is 11.0 Å². The standard InChI is InChI=1S/C17H14O4.C2H6/c1-10-3-5-11(6-4-10)15-9-14(19)12-7-8-13(18)17(20-2)16(12)21-15;1-2/h3-9,18H,1-2H3;1-2H3. The molecule has 0 saturated carbocycles. The van der Waals surface area contributed by atoms with Crippen molar-refractivity contribution in [2.75, 3.05) is 7.11 Å². The van der Waals surface area contributed by atoms with Gasteiger partial charge in [-0.1, -0.05) is 43.7 Å². The summed E-state index contributed by atoms with van der Waals surface area (Å²) >= 11 is 0. The van der Waals surface area contributed by atoms with Crippen LogP contribution in [0.5, 0.6) is 11.5 Å². The molecular formula is C19H20O4. The molecule has 23 heavy (non-hydrogen) atoms. The maximum absolute atomic E-state index is 12.2. The van der Waals surface area contributed by atoms with Crippen LogP contribution in [0, 0.1) is 6.92 Å². The van der Waals surface area contributed by atoms with E-state index in [2.05, 4.69) is 0 Å². The molecule has 0 aliphatic rings. The maximum Gasteiger partial charge on any atom is 0.204 e. The lowest BCUT2D eigenvalue weighted by atomic mass is 10.1. The first-order valence-corrected chi connectivity index (χ1v) is 7.51. The number of fused-ring (bicyclic) bond motifs is 1. The maximum atomic E-state index is 12.2. The van der Waals surface area contributed by atoms with Crippen LogP contribution in [0.3, 0.4) is 0 Å². The van der Waals surface area contributed by atoms with Gasteiger partial charge in [0.2, 0.25) is 5.75 Å². The molecule has 0 fully saturated rings. The van der Waals surface area contributed by atoms with Crippen molar-refractivity contribution in [2.24, 2.45) is 0 Å². The van der Waals surface area contributed by atoms with Gasteiger partial charge in [0.15, 0.2) is 16.8 Å². The summed E-state index contributed by atoms with van der Waals surface area (Å²) in [6, 6.07) is 12.0. The van der Waals surface area contributed by atoms with Crippen LogP contribution in [0.25, 0.3) is 22.3 Å². The Kier molecular flexibility index (Phi) is 5.06. The van der Waals surface area contributed by atoms with Gasteiger partial charge < -0.3 is 14.3 Å². The second-order valence-corrected chi connectivity index (χ2v) is 4.84. The monoisotopic (exact) mass is 312 g/mol. The third kappa shape index (κ3) is 3.21. The Hall–Kier alpha value is -2.75. The summed E-state index contributed by atoms with van der Waals surface area (Å²) in [5, 5.41) is 10.2. The molecule has 120 valence electrons. The first-order valence-electron chi connectivity index (χ1n) is 7.51. The quantitative estimate of drug-likeness (QED) is 0.756. The minimum Gasteiger partial charge on any atom is -0.504 e. The molecule has 0 saturated heterocycles. The van der Waals surface area contributed by atoms with E-state index in [9.17, 15) is 9.90 Å². The fourth-order valence-electron chi connectivity index (χ4n) is 2.24. The second kappa shape index (κ2) is 7.01. The normalized spacial score (nSPS) is 10.1. The number of rotatable bonds is 2. The van der Waals surface area contributed by atoms with E-state index in [1.165, 1.54) is 25.3 Å². The number of hydrogen-bond donors (Lipinski definition) is 1. The van der Waals surface area contributed by atoms with Crippen LogP contribution in [-0.2, 0) is 0 Å². The van der Waals surface area contributed by atoms with Gasteiger partial charge in [0.25, 0.3) is 0 Å². The van der Waals surface area contributed by atoms with E-state index in [0.29, 0.717) is 11.1 Å². The minimum absolute atomic E-state index is 0.0609. The highest BCUT2D eigenvalue weighted by Crippen LogP contribution is 2.35. The van der Waals surface area contributed by atoms with Gasteiger partial charge in [0.1, 0.15) is 5.76 Å². The topological polar surface area (TPSA) is 59.7 Å². The van der Waals surface area contributed by atoms with E-state index in [0.717, 1.165) is 11.1 Å². The minimum atomic E-state index is -0.176. The van der Waals surface area contributed by atoms with Crippen molar-refractivity contribution in [1.82, 2.24) is 0 Å². The Balaban J connectivity index is 0.000000924. The smallest absolute Gasteiger partial charge is 0.204 e. The molecule has 0 aliphatic heterocycles. The number of aryl methyl sites for hydroxylation is 1. The molecule has 0 atom stereocenters. The van der Waals surface area contributed by atoms with Crippen molar-refractivity contribution in [3.63, 3.8) is 0 Å². The highest BCUT2D eigenvalue weighted by atomic mass is 16.5. The fourth-order valence-corrected chi connectivity index (χ4v) is 2.24. The van der Waals surface area contributed by atoms with Crippen LogP contribution in [0.2, 0.25) is 0 Å². The van der Waals surface area contributed by atoms with Crippen molar-refractivity contribution in [1.29, 1.82) is 0 Å². The highest BCUT2D eigenvalue weighted by Gasteiger charge is 2.14. The number of aromatic hydroxyl groups is 1. The van der Waals surface area contributed by atoms with Gasteiger partial charge in [-0.25, -0.2) is 0 Å². The number of benzene rings is 2. The van der Waals surface area contributed by atoms with Gasteiger partial charge in [-0.05, 0) is 19.1 Å². The van der Waals surface area contributed by atoms with Crippen molar-refractivity contribution in [3.8, 4) is 22.8 Å². The molecule has 0 unspecified atom stereocenters. The zero-order chi connectivity index (χ0) is 17.0. The Morgan fingerprint density at radius 2 is 1.70 bits per heavy atom. The zero-order valence-electron chi connectivity index (χ0n) is 13.7.